The lowest BCUT2D eigenvalue weighted by Gasteiger charge is -2.11. The fourth-order valence-corrected chi connectivity index (χ4v) is 6.61. The van der Waals surface area contributed by atoms with Crippen molar-refractivity contribution in [3.8, 4) is 11.4 Å². The highest BCUT2D eigenvalue weighted by Gasteiger charge is 2.19. The van der Waals surface area contributed by atoms with Crippen molar-refractivity contribution in [3.05, 3.63) is 146 Å². The number of fused-ring (bicyclic) bond motifs is 8. The van der Waals surface area contributed by atoms with E-state index >= 15 is 0 Å². The molecule has 0 aliphatic carbocycles. The zero-order valence-corrected chi connectivity index (χ0v) is 21.8. The topological polar surface area (TPSA) is 9.86 Å². The normalized spacial score (nSPS) is 12.0. The number of aromatic nitrogens is 2. The highest BCUT2D eigenvalue weighted by molar-refractivity contribution is 6.20. The Morgan fingerprint density at radius 3 is 1.62 bits per heavy atom. The summed E-state index contributed by atoms with van der Waals surface area (Å²) in [5.74, 6) is 0. The van der Waals surface area contributed by atoms with E-state index in [0.29, 0.717) is 0 Å². The van der Waals surface area contributed by atoms with E-state index in [0.717, 1.165) is 0 Å². The van der Waals surface area contributed by atoms with Gasteiger partial charge in [0.2, 0.25) is 0 Å². The van der Waals surface area contributed by atoms with Crippen molar-refractivity contribution in [3.63, 3.8) is 0 Å². The van der Waals surface area contributed by atoms with E-state index in [4.69, 9.17) is 0 Å². The van der Waals surface area contributed by atoms with Crippen LogP contribution in [0.2, 0.25) is 0 Å². The highest BCUT2D eigenvalue weighted by Crippen LogP contribution is 2.40. The van der Waals surface area contributed by atoms with Gasteiger partial charge < -0.3 is 9.13 Å². The molecule has 9 rings (SSSR count). The van der Waals surface area contributed by atoms with E-state index in [2.05, 4.69) is 155 Å². The maximum atomic E-state index is 2.43. The second-order valence-electron chi connectivity index (χ2n) is 10.7. The molecule has 2 aromatic heterocycles. The lowest BCUT2D eigenvalue weighted by Crippen LogP contribution is -1.96. The van der Waals surface area contributed by atoms with Crippen molar-refractivity contribution in [2.24, 2.45) is 0 Å². The zero-order valence-electron chi connectivity index (χ0n) is 21.8. The summed E-state index contributed by atoms with van der Waals surface area (Å²) < 4.78 is 4.86. The number of para-hydroxylation sites is 2. The molecule has 40 heavy (non-hydrogen) atoms. The molecule has 0 spiro atoms. The molecule has 2 heterocycles. The Morgan fingerprint density at radius 1 is 0.275 bits per heavy atom. The summed E-state index contributed by atoms with van der Waals surface area (Å²) in [4.78, 5) is 0. The third-order valence-electron chi connectivity index (χ3n) is 8.43. The molecule has 0 saturated carbocycles. The zero-order chi connectivity index (χ0) is 26.2. The molecule has 0 N–H and O–H groups in total. The van der Waals surface area contributed by atoms with Gasteiger partial charge in [0.05, 0.1) is 22.1 Å². The van der Waals surface area contributed by atoms with Crippen LogP contribution in [0.3, 0.4) is 0 Å². The van der Waals surface area contributed by atoms with Crippen molar-refractivity contribution >= 4 is 65.2 Å². The van der Waals surface area contributed by atoms with Gasteiger partial charge in [-0.1, -0.05) is 91.0 Å². The third-order valence-corrected chi connectivity index (χ3v) is 8.43. The molecule has 0 atom stereocenters. The van der Waals surface area contributed by atoms with Crippen molar-refractivity contribution in [2.75, 3.05) is 0 Å². The molecule has 2 heteroatoms. The number of rotatable bonds is 2. The first kappa shape index (κ1) is 21.6. The SMILES string of the molecule is c1ccc(-n2c3cc4ccccc4cc3c3cc4c5ccccc5n(-c5ccc6ccccc6c5)c4cc32)cc1. The van der Waals surface area contributed by atoms with Crippen molar-refractivity contribution in [1.29, 1.82) is 0 Å². The van der Waals surface area contributed by atoms with Crippen LogP contribution in [0.25, 0.3) is 76.5 Å². The number of benzene rings is 7. The van der Waals surface area contributed by atoms with Crippen LogP contribution in [0.1, 0.15) is 0 Å². The summed E-state index contributed by atoms with van der Waals surface area (Å²) in [5.41, 5.74) is 7.24. The Bertz CT molecular complexity index is 2420. The summed E-state index contributed by atoms with van der Waals surface area (Å²) in [6.07, 6.45) is 0. The van der Waals surface area contributed by atoms with Gasteiger partial charge in [-0.05, 0) is 76.1 Å². The molecule has 0 amide bonds. The van der Waals surface area contributed by atoms with Gasteiger partial charge in [-0.2, -0.15) is 0 Å². The van der Waals surface area contributed by atoms with Gasteiger partial charge in [-0.3, -0.25) is 0 Å². The molecule has 186 valence electrons. The monoisotopic (exact) mass is 508 g/mol. The van der Waals surface area contributed by atoms with E-state index < -0.39 is 0 Å². The summed E-state index contributed by atoms with van der Waals surface area (Å²) >= 11 is 0. The predicted octanol–water partition coefficient (Wildman–Crippen LogP) is 10.2. The lowest BCUT2D eigenvalue weighted by molar-refractivity contribution is 1.17. The molecule has 0 fully saturated rings. The van der Waals surface area contributed by atoms with Gasteiger partial charge in [-0.15, -0.1) is 0 Å². The van der Waals surface area contributed by atoms with Gasteiger partial charge in [0, 0.05) is 32.9 Å². The first-order valence-corrected chi connectivity index (χ1v) is 13.8. The van der Waals surface area contributed by atoms with Crippen molar-refractivity contribution in [2.45, 2.75) is 0 Å². The van der Waals surface area contributed by atoms with Gasteiger partial charge in [0.25, 0.3) is 0 Å². The van der Waals surface area contributed by atoms with Gasteiger partial charge >= 0.3 is 0 Å². The molecule has 0 bridgehead atoms. The molecule has 2 nitrogen and oxygen atoms in total. The van der Waals surface area contributed by atoms with Crippen LogP contribution in [0.5, 0.6) is 0 Å². The number of hydrogen-bond acceptors (Lipinski definition) is 0. The van der Waals surface area contributed by atoms with E-state index in [1.54, 1.807) is 0 Å². The quantitative estimate of drug-likeness (QED) is 0.220. The summed E-state index contributed by atoms with van der Waals surface area (Å²) in [7, 11) is 0. The second kappa shape index (κ2) is 8.08. The molecule has 0 aliphatic rings. The summed E-state index contributed by atoms with van der Waals surface area (Å²) in [6.45, 7) is 0. The fourth-order valence-electron chi connectivity index (χ4n) is 6.61. The molecule has 9 aromatic rings. The van der Waals surface area contributed by atoms with Gasteiger partial charge in [-0.25, -0.2) is 0 Å². The standard InChI is InChI=1S/C38H24N2/c1-2-14-29(15-3-1)39-36-22-28-13-7-6-12-27(28)21-32(36)34-23-33-31-16-8-9-17-35(31)40(37(33)24-38(34)39)30-19-18-25-10-4-5-11-26(25)20-30/h1-24H. The Balaban J connectivity index is 1.47. The van der Waals surface area contributed by atoms with E-state index in [9.17, 15) is 0 Å². The predicted molar refractivity (Wildman–Crippen MR) is 170 cm³/mol. The van der Waals surface area contributed by atoms with Crippen LogP contribution in [0.4, 0.5) is 0 Å². The average molecular weight is 509 g/mol. The van der Waals surface area contributed by atoms with Crippen LogP contribution in [0.15, 0.2) is 146 Å². The molecule has 0 aliphatic heterocycles. The molecular weight excluding hydrogens is 484 g/mol. The molecule has 7 aromatic carbocycles. The van der Waals surface area contributed by atoms with Crippen LogP contribution < -0.4 is 0 Å². The van der Waals surface area contributed by atoms with E-state index in [1.165, 1.54) is 76.5 Å². The summed E-state index contributed by atoms with van der Waals surface area (Å²) in [5, 5.41) is 10.1. The Kier molecular flexibility index (Phi) is 4.36. The second-order valence-corrected chi connectivity index (χ2v) is 10.7. The van der Waals surface area contributed by atoms with Crippen LogP contribution in [-0.2, 0) is 0 Å². The largest absolute Gasteiger partial charge is 0.309 e. The first-order valence-electron chi connectivity index (χ1n) is 13.8. The van der Waals surface area contributed by atoms with E-state index in [1.807, 2.05) is 0 Å². The van der Waals surface area contributed by atoms with Crippen LogP contribution in [0, 0.1) is 0 Å². The minimum Gasteiger partial charge on any atom is -0.309 e. The van der Waals surface area contributed by atoms with Crippen LogP contribution >= 0.6 is 0 Å². The fraction of sp³-hybridized carbons (Fsp3) is 0. The minimum atomic E-state index is 1.17. The first-order chi connectivity index (χ1) is 19.8. The summed E-state index contributed by atoms with van der Waals surface area (Å²) in [6, 6.07) is 53.1. The maximum Gasteiger partial charge on any atom is 0.0562 e. The maximum absolute atomic E-state index is 2.43. The van der Waals surface area contributed by atoms with E-state index in [-0.39, 0.29) is 0 Å². The van der Waals surface area contributed by atoms with Crippen LogP contribution in [-0.4, -0.2) is 9.13 Å². The molecule has 0 saturated heterocycles. The Morgan fingerprint density at radius 2 is 0.825 bits per heavy atom. The smallest absolute Gasteiger partial charge is 0.0562 e. The van der Waals surface area contributed by atoms with Gasteiger partial charge in [0.1, 0.15) is 0 Å². The average Bonchev–Trinajstić information content (AvgIpc) is 3.50. The minimum absolute atomic E-state index is 1.17. The highest BCUT2D eigenvalue weighted by atomic mass is 15.0. The number of nitrogens with zero attached hydrogens (tertiary/aromatic N) is 2. The molecular formula is C38H24N2. The van der Waals surface area contributed by atoms with Crippen molar-refractivity contribution in [1.82, 2.24) is 9.13 Å². The lowest BCUT2D eigenvalue weighted by atomic mass is 10.0. The molecule has 0 unspecified atom stereocenters. The van der Waals surface area contributed by atoms with Gasteiger partial charge in [0.15, 0.2) is 0 Å². The third kappa shape index (κ3) is 2.99. The Labute approximate surface area is 230 Å². The molecule has 0 radical (unpaired) electrons. The van der Waals surface area contributed by atoms with Crippen molar-refractivity contribution < 1.29 is 0 Å². The Hall–Kier alpha value is -5.34. The number of hydrogen-bond donors (Lipinski definition) is 0.